The van der Waals surface area contributed by atoms with Crippen molar-refractivity contribution in [2.24, 2.45) is 5.92 Å². The van der Waals surface area contributed by atoms with Crippen LogP contribution in [0.25, 0.3) is 0 Å². The summed E-state index contributed by atoms with van der Waals surface area (Å²) in [6.45, 7) is 2.77. The van der Waals surface area contributed by atoms with Crippen molar-refractivity contribution in [3.8, 4) is 0 Å². The maximum Gasteiger partial charge on any atom is 0.253 e. The molecule has 1 aromatic carbocycles. The summed E-state index contributed by atoms with van der Waals surface area (Å²) in [5.41, 5.74) is 0.429. The summed E-state index contributed by atoms with van der Waals surface area (Å²) in [6, 6.07) is 7.04. The third kappa shape index (κ3) is 5.88. The van der Waals surface area contributed by atoms with Crippen LogP contribution in [-0.2, 0) is 4.74 Å². The van der Waals surface area contributed by atoms with E-state index < -0.39 is 10.0 Å². The molecule has 1 aromatic rings. The monoisotopic (exact) mass is 452 g/mol. The number of hydrogen-bond acceptors (Lipinski definition) is 3. The lowest BCUT2D eigenvalue weighted by atomic mass is 9.84. The van der Waals surface area contributed by atoms with E-state index in [0.717, 1.165) is 25.9 Å². The number of benzene rings is 1. The molecular weight excluding hydrogens is 430 g/mol. The van der Waals surface area contributed by atoms with E-state index >= 15 is 0 Å². The summed E-state index contributed by atoms with van der Waals surface area (Å²) in [5, 5.41) is 3.24. The Morgan fingerprint density at radius 1 is 1.15 bits per heavy atom. The zero-order chi connectivity index (χ0) is 19.4. The molecule has 3 atom stereocenters. The summed E-state index contributed by atoms with van der Waals surface area (Å²) in [4.78, 5) is 15.0. The van der Waals surface area contributed by atoms with E-state index in [2.05, 4.69) is 10.2 Å². The van der Waals surface area contributed by atoms with Crippen LogP contribution < -0.4 is 5.32 Å². The first-order chi connectivity index (χ1) is 12.8. The van der Waals surface area contributed by atoms with Gasteiger partial charge in [-0.25, -0.2) is 0 Å². The van der Waals surface area contributed by atoms with Crippen molar-refractivity contribution in [1.29, 1.82) is 0 Å². The smallest absolute Gasteiger partial charge is 0.253 e. The molecule has 4 nitrogen and oxygen atoms in total. The average Bonchev–Trinajstić information content (AvgIpc) is 2.64. The molecule has 0 unspecified atom stereocenters. The summed E-state index contributed by atoms with van der Waals surface area (Å²) < 4.78 is 4.17. The van der Waals surface area contributed by atoms with Gasteiger partial charge in [-0.15, -0.1) is 0 Å². The minimum absolute atomic E-state index is 0.370. The predicted octanol–water partition coefficient (Wildman–Crippen LogP) is 5.05. The number of carbonyl (C=O) groups excluding carboxylic acids is 1. The predicted molar refractivity (Wildman–Crippen MR) is 111 cm³/mol. The molecule has 0 bridgehead atoms. The molecule has 1 N–H and O–H groups in total. The van der Waals surface area contributed by atoms with Gasteiger partial charge in [-0.2, -0.15) is 0 Å². The maximum atomic E-state index is 12.5. The molecule has 27 heavy (non-hydrogen) atoms. The average molecular weight is 454 g/mol. The van der Waals surface area contributed by atoms with Crippen molar-refractivity contribution in [1.82, 2.24) is 10.2 Å². The maximum absolute atomic E-state index is 12.5. The first-order valence-corrected chi connectivity index (χ1v) is 10.8. The fraction of sp³-hybridized carbons (Fsp3) is 0.632. The Bertz CT molecular complexity index is 634. The molecule has 0 aliphatic carbocycles. The molecular formula is C19H24Cl4N2O2. The molecule has 150 valence electrons. The molecule has 2 heterocycles. The van der Waals surface area contributed by atoms with Crippen LogP contribution in [-0.4, -0.2) is 46.6 Å². The lowest BCUT2D eigenvalue weighted by molar-refractivity contribution is -0.0325. The number of halogens is 4. The standard InChI is InChI=1S/C19H24Cl4N2O2/c20-15-8-6-13(7-9-15)17(26)24-18(19(21,22)23)27-12-14-4-3-11-25-10-2-1-5-16(14)25/h6-9,14,16,18H,1-5,10-12H2,(H,24,26)/t14-,16-,18-/m1/s1. The Morgan fingerprint density at radius 2 is 1.85 bits per heavy atom. The van der Waals surface area contributed by atoms with Crippen molar-refractivity contribution in [2.45, 2.75) is 48.2 Å². The second-order valence-electron chi connectivity index (χ2n) is 7.24. The molecule has 3 rings (SSSR count). The highest BCUT2D eigenvalue weighted by Gasteiger charge is 2.38. The molecule has 1 amide bonds. The van der Waals surface area contributed by atoms with Gasteiger partial charge in [0.05, 0.1) is 6.61 Å². The Morgan fingerprint density at radius 3 is 2.56 bits per heavy atom. The van der Waals surface area contributed by atoms with Gasteiger partial charge < -0.3 is 15.0 Å². The zero-order valence-corrected chi connectivity index (χ0v) is 18.0. The minimum Gasteiger partial charge on any atom is -0.354 e. The van der Waals surface area contributed by atoms with Crippen LogP contribution >= 0.6 is 46.4 Å². The molecule has 0 spiro atoms. The lowest BCUT2D eigenvalue weighted by Gasteiger charge is -2.44. The SMILES string of the molecule is O=C(N[C@H](OC[C@H]1CCCN2CCCC[C@H]12)C(Cl)(Cl)Cl)c1ccc(Cl)cc1. The number of nitrogens with one attached hydrogen (secondary N) is 1. The van der Waals surface area contributed by atoms with Crippen LogP contribution in [0.5, 0.6) is 0 Å². The molecule has 2 aliphatic heterocycles. The van der Waals surface area contributed by atoms with Crippen LogP contribution in [0, 0.1) is 5.92 Å². The molecule has 8 heteroatoms. The zero-order valence-electron chi connectivity index (χ0n) is 15.0. The number of piperidine rings is 2. The molecule has 2 aliphatic rings. The normalized spacial score (nSPS) is 24.9. The minimum atomic E-state index is -1.76. The van der Waals surface area contributed by atoms with Crippen molar-refractivity contribution in [3.63, 3.8) is 0 Å². The van der Waals surface area contributed by atoms with E-state index in [9.17, 15) is 4.79 Å². The summed E-state index contributed by atoms with van der Waals surface area (Å²) in [6.07, 6.45) is 4.92. The highest BCUT2D eigenvalue weighted by atomic mass is 35.6. The van der Waals surface area contributed by atoms with Crippen LogP contribution in [0.3, 0.4) is 0 Å². The first-order valence-electron chi connectivity index (χ1n) is 9.33. The Kier molecular flexibility index (Phi) is 7.57. The number of ether oxygens (including phenoxy) is 1. The summed E-state index contributed by atoms with van der Waals surface area (Å²) in [7, 11) is 0. The van der Waals surface area contributed by atoms with E-state index in [1.807, 2.05) is 0 Å². The second kappa shape index (κ2) is 9.51. The number of rotatable bonds is 5. The van der Waals surface area contributed by atoms with Gasteiger partial charge in [0.25, 0.3) is 5.91 Å². The lowest BCUT2D eigenvalue weighted by Crippen LogP contribution is -2.51. The van der Waals surface area contributed by atoms with Crippen LogP contribution in [0.2, 0.25) is 5.02 Å². The molecule has 0 radical (unpaired) electrons. The summed E-state index contributed by atoms with van der Waals surface area (Å²) in [5.74, 6) is 0.0206. The van der Waals surface area contributed by atoms with Gasteiger partial charge in [-0.1, -0.05) is 52.8 Å². The Labute approximate surface area is 180 Å². The van der Waals surface area contributed by atoms with Gasteiger partial charge in [0, 0.05) is 16.6 Å². The topological polar surface area (TPSA) is 41.6 Å². The number of amides is 1. The second-order valence-corrected chi connectivity index (χ2v) is 10.0. The van der Waals surface area contributed by atoms with Gasteiger partial charge >= 0.3 is 0 Å². The van der Waals surface area contributed by atoms with Crippen LogP contribution in [0.1, 0.15) is 42.5 Å². The number of hydrogen-bond donors (Lipinski definition) is 1. The summed E-state index contributed by atoms with van der Waals surface area (Å²) >= 11 is 24.1. The molecule has 0 aromatic heterocycles. The van der Waals surface area contributed by atoms with E-state index in [0.29, 0.717) is 29.2 Å². The third-order valence-corrected chi connectivity index (χ3v) is 6.22. The van der Waals surface area contributed by atoms with Gasteiger partial charge in [-0.05, 0) is 69.0 Å². The fourth-order valence-electron chi connectivity index (χ4n) is 4.01. The number of fused-ring (bicyclic) bond motifs is 1. The number of carbonyl (C=O) groups is 1. The number of alkyl halides is 3. The highest BCUT2D eigenvalue weighted by Crippen LogP contribution is 2.34. The first kappa shape index (κ1) is 21.5. The van der Waals surface area contributed by atoms with E-state index in [1.165, 1.54) is 19.3 Å². The molecule has 2 fully saturated rings. The van der Waals surface area contributed by atoms with Gasteiger partial charge in [0.1, 0.15) is 0 Å². The van der Waals surface area contributed by atoms with Crippen LogP contribution in [0.15, 0.2) is 24.3 Å². The fourth-order valence-corrected chi connectivity index (χ4v) is 4.49. The number of nitrogens with zero attached hydrogens (tertiary/aromatic N) is 1. The van der Waals surface area contributed by atoms with E-state index in [1.54, 1.807) is 24.3 Å². The molecule has 0 saturated carbocycles. The van der Waals surface area contributed by atoms with Gasteiger partial charge in [0.15, 0.2) is 6.23 Å². The highest BCUT2D eigenvalue weighted by molar-refractivity contribution is 6.68. The quantitative estimate of drug-likeness (QED) is 0.501. The van der Waals surface area contributed by atoms with Crippen LogP contribution in [0.4, 0.5) is 0 Å². The van der Waals surface area contributed by atoms with Crippen molar-refractivity contribution in [3.05, 3.63) is 34.9 Å². The Hall–Kier alpha value is -0.230. The van der Waals surface area contributed by atoms with Crippen molar-refractivity contribution >= 4 is 52.3 Å². The van der Waals surface area contributed by atoms with E-state index in [4.69, 9.17) is 51.1 Å². The Balaban J connectivity index is 1.61. The van der Waals surface area contributed by atoms with Gasteiger partial charge in [-0.3, -0.25) is 4.79 Å². The van der Waals surface area contributed by atoms with Gasteiger partial charge in [0.2, 0.25) is 3.79 Å². The third-order valence-electron chi connectivity index (χ3n) is 5.37. The largest absolute Gasteiger partial charge is 0.354 e. The van der Waals surface area contributed by atoms with E-state index in [-0.39, 0.29) is 5.91 Å². The van der Waals surface area contributed by atoms with Crippen molar-refractivity contribution < 1.29 is 9.53 Å². The molecule has 2 saturated heterocycles. The van der Waals surface area contributed by atoms with Crippen molar-refractivity contribution in [2.75, 3.05) is 19.7 Å².